The van der Waals surface area contributed by atoms with Gasteiger partial charge in [-0.3, -0.25) is 0 Å². The van der Waals surface area contributed by atoms with Crippen LogP contribution in [0.2, 0.25) is 10.0 Å². The van der Waals surface area contributed by atoms with Crippen LogP contribution in [0.15, 0.2) is 42.5 Å². The van der Waals surface area contributed by atoms with Crippen LogP contribution < -0.4 is 4.74 Å². The average Bonchev–Trinajstić information content (AvgIpc) is 2.71. The quantitative estimate of drug-likeness (QED) is 0.190. The number of rotatable bonds is 12. The van der Waals surface area contributed by atoms with Gasteiger partial charge >= 0.3 is 11.9 Å². The van der Waals surface area contributed by atoms with Gasteiger partial charge in [0.1, 0.15) is 5.75 Å². The summed E-state index contributed by atoms with van der Waals surface area (Å²) in [6.07, 6.45) is 9.42. The fraction of sp³-hybridized carbons (Fsp3) is 0.417. The zero-order chi connectivity index (χ0) is 21.8. The van der Waals surface area contributed by atoms with Crippen LogP contribution in [0.25, 0.3) is 0 Å². The highest BCUT2D eigenvalue weighted by atomic mass is 35.5. The van der Waals surface area contributed by atoms with E-state index >= 15 is 0 Å². The molecule has 6 heteroatoms. The van der Waals surface area contributed by atoms with Crippen LogP contribution in [-0.2, 0) is 4.74 Å². The van der Waals surface area contributed by atoms with Gasteiger partial charge in [-0.25, -0.2) is 9.59 Å². The Hall–Kier alpha value is -2.04. The number of esters is 2. The molecule has 2 rings (SSSR count). The highest BCUT2D eigenvalue weighted by Crippen LogP contribution is 2.25. The van der Waals surface area contributed by atoms with Gasteiger partial charge in [-0.05, 0) is 42.8 Å². The topological polar surface area (TPSA) is 52.6 Å². The van der Waals surface area contributed by atoms with Gasteiger partial charge in [-0.2, -0.15) is 0 Å². The summed E-state index contributed by atoms with van der Waals surface area (Å²) in [6, 6.07) is 10.8. The molecule has 4 nitrogen and oxygen atoms in total. The first-order valence-corrected chi connectivity index (χ1v) is 11.2. The third-order valence-electron chi connectivity index (χ3n) is 4.61. The van der Waals surface area contributed by atoms with Gasteiger partial charge in [0.25, 0.3) is 0 Å². The lowest BCUT2D eigenvalue weighted by atomic mass is 10.1. The predicted octanol–water partition coefficient (Wildman–Crippen LogP) is 7.51. The van der Waals surface area contributed by atoms with E-state index in [1.165, 1.54) is 50.3 Å². The first kappa shape index (κ1) is 24.2. The average molecular weight is 451 g/mol. The minimum Gasteiger partial charge on any atom is -0.462 e. The molecule has 162 valence electrons. The normalized spacial score (nSPS) is 10.6. The zero-order valence-corrected chi connectivity index (χ0v) is 18.8. The number of carbonyl (C=O) groups is 2. The van der Waals surface area contributed by atoms with Crippen molar-refractivity contribution in [3.8, 4) is 5.75 Å². The van der Waals surface area contributed by atoms with E-state index < -0.39 is 11.9 Å². The van der Waals surface area contributed by atoms with Crippen molar-refractivity contribution in [2.75, 3.05) is 6.61 Å². The Labute approximate surface area is 188 Å². The van der Waals surface area contributed by atoms with Gasteiger partial charge in [-0.15, -0.1) is 0 Å². The summed E-state index contributed by atoms with van der Waals surface area (Å²) in [5, 5.41) is 0.729. The van der Waals surface area contributed by atoms with Crippen molar-refractivity contribution in [1.82, 2.24) is 0 Å². The summed E-state index contributed by atoms with van der Waals surface area (Å²) in [4.78, 5) is 24.6. The number of benzene rings is 2. The minimum atomic E-state index is -0.606. The molecule has 0 aromatic heterocycles. The molecule has 30 heavy (non-hydrogen) atoms. The lowest BCUT2D eigenvalue weighted by Crippen LogP contribution is -2.11. The monoisotopic (exact) mass is 450 g/mol. The van der Waals surface area contributed by atoms with Crippen LogP contribution >= 0.6 is 23.2 Å². The standard InChI is InChI=1S/C24H28Cl2O4/c1-2-3-4-5-6-7-8-9-13-29-23(27)18-11-10-12-19(14-18)24(28)30-22-16-20(25)15-21(26)17-22/h10-12,14-17H,2-9,13H2,1H3. The predicted molar refractivity (Wildman–Crippen MR) is 121 cm³/mol. The van der Waals surface area contributed by atoms with E-state index in [0.717, 1.165) is 19.3 Å². The van der Waals surface area contributed by atoms with Crippen molar-refractivity contribution in [2.24, 2.45) is 0 Å². The summed E-state index contributed by atoms with van der Waals surface area (Å²) >= 11 is 11.8. The van der Waals surface area contributed by atoms with Gasteiger partial charge in [0.2, 0.25) is 0 Å². The first-order valence-electron chi connectivity index (χ1n) is 10.4. The maximum absolute atomic E-state index is 12.4. The van der Waals surface area contributed by atoms with Gasteiger partial charge in [-0.1, -0.05) is 81.1 Å². The Morgan fingerprint density at radius 2 is 1.33 bits per heavy atom. The molecule has 0 saturated heterocycles. The molecule has 0 amide bonds. The highest BCUT2D eigenvalue weighted by molar-refractivity contribution is 6.34. The fourth-order valence-corrected chi connectivity index (χ4v) is 3.52. The van der Waals surface area contributed by atoms with E-state index in [4.69, 9.17) is 32.7 Å². The SMILES string of the molecule is CCCCCCCCCCOC(=O)c1cccc(C(=O)Oc2cc(Cl)cc(Cl)c2)c1. The first-order chi connectivity index (χ1) is 14.5. The van der Waals surface area contributed by atoms with E-state index in [0.29, 0.717) is 22.2 Å². The molecule has 0 heterocycles. The van der Waals surface area contributed by atoms with Gasteiger partial charge < -0.3 is 9.47 Å². The molecule has 0 N–H and O–H groups in total. The molecule has 0 unspecified atom stereocenters. The number of halogens is 2. The molecule has 0 aliphatic carbocycles. The van der Waals surface area contributed by atoms with Gasteiger partial charge in [0.05, 0.1) is 17.7 Å². The van der Waals surface area contributed by atoms with Crippen LogP contribution in [0.1, 0.15) is 79.0 Å². The van der Waals surface area contributed by atoms with Crippen molar-refractivity contribution in [1.29, 1.82) is 0 Å². The summed E-state index contributed by atoms with van der Waals surface area (Å²) in [6.45, 7) is 2.59. The molecule has 0 fully saturated rings. The van der Waals surface area contributed by atoms with Crippen molar-refractivity contribution < 1.29 is 19.1 Å². The Balaban J connectivity index is 1.78. The Morgan fingerprint density at radius 1 is 0.767 bits per heavy atom. The van der Waals surface area contributed by atoms with Crippen LogP contribution in [0, 0.1) is 0 Å². The van der Waals surface area contributed by atoms with E-state index in [1.54, 1.807) is 24.3 Å². The summed E-state index contributed by atoms with van der Waals surface area (Å²) in [5.41, 5.74) is 0.556. The summed E-state index contributed by atoms with van der Waals surface area (Å²) < 4.78 is 10.6. The second-order valence-corrected chi connectivity index (χ2v) is 8.06. The van der Waals surface area contributed by atoms with Crippen LogP contribution in [0.4, 0.5) is 0 Å². The van der Waals surface area contributed by atoms with Crippen molar-refractivity contribution in [3.63, 3.8) is 0 Å². The number of ether oxygens (including phenoxy) is 2. The molecule has 0 spiro atoms. The van der Waals surface area contributed by atoms with Crippen LogP contribution in [-0.4, -0.2) is 18.5 Å². The second-order valence-electron chi connectivity index (χ2n) is 7.19. The molecular weight excluding hydrogens is 423 g/mol. The molecule has 0 aliphatic heterocycles. The molecule has 0 atom stereocenters. The molecule has 0 aliphatic rings. The number of hydrogen-bond acceptors (Lipinski definition) is 4. The lowest BCUT2D eigenvalue weighted by Gasteiger charge is -2.08. The largest absolute Gasteiger partial charge is 0.462 e. The molecule has 0 bridgehead atoms. The third kappa shape index (κ3) is 8.76. The Morgan fingerprint density at radius 3 is 1.97 bits per heavy atom. The van der Waals surface area contributed by atoms with Gasteiger partial charge in [0.15, 0.2) is 0 Å². The van der Waals surface area contributed by atoms with Crippen molar-refractivity contribution in [3.05, 3.63) is 63.6 Å². The van der Waals surface area contributed by atoms with Crippen molar-refractivity contribution in [2.45, 2.75) is 58.3 Å². The second kappa shape index (κ2) is 13.3. The van der Waals surface area contributed by atoms with Crippen LogP contribution in [0.5, 0.6) is 5.75 Å². The molecular formula is C24H28Cl2O4. The zero-order valence-electron chi connectivity index (χ0n) is 17.3. The Bertz CT molecular complexity index is 815. The Kier molecular flexibility index (Phi) is 10.7. The number of hydrogen-bond donors (Lipinski definition) is 0. The third-order valence-corrected chi connectivity index (χ3v) is 5.05. The van der Waals surface area contributed by atoms with Gasteiger partial charge in [0, 0.05) is 10.0 Å². The van der Waals surface area contributed by atoms with Crippen molar-refractivity contribution >= 4 is 35.1 Å². The molecule has 0 saturated carbocycles. The number of unbranched alkanes of at least 4 members (excludes halogenated alkanes) is 7. The molecule has 2 aromatic carbocycles. The van der Waals surface area contributed by atoms with E-state index in [-0.39, 0.29) is 11.3 Å². The van der Waals surface area contributed by atoms with E-state index in [1.807, 2.05) is 0 Å². The smallest absolute Gasteiger partial charge is 0.343 e. The highest BCUT2D eigenvalue weighted by Gasteiger charge is 2.14. The lowest BCUT2D eigenvalue weighted by molar-refractivity contribution is 0.0497. The minimum absolute atomic E-state index is 0.236. The summed E-state index contributed by atoms with van der Waals surface area (Å²) in [5.74, 6) is -0.815. The van der Waals surface area contributed by atoms with E-state index in [2.05, 4.69) is 6.92 Å². The molecule has 0 radical (unpaired) electrons. The number of carbonyl (C=O) groups excluding carboxylic acids is 2. The fourth-order valence-electron chi connectivity index (χ4n) is 3.01. The molecule has 2 aromatic rings. The van der Waals surface area contributed by atoms with E-state index in [9.17, 15) is 9.59 Å². The maximum atomic E-state index is 12.4. The van der Waals surface area contributed by atoms with Crippen LogP contribution in [0.3, 0.4) is 0 Å². The maximum Gasteiger partial charge on any atom is 0.343 e. The summed E-state index contributed by atoms with van der Waals surface area (Å²) in [7, 11) is 0.